The number of ether oxygens (including phenoxy) is 2. The van der Waals surface area contributed by atoms with Crippen LogP contribution in [0, 0.1) is 11.7 Å². The van der Waals surface area contributed by atoms with Crippen LogP contribution in [0.3, 0.4) is 0 Å². The van der Waals surface area contributed by atoms with E-state index in [1.807, 2.05) is 13.0 Å². The number of hydrogen-bond acceptors (Lipinski definition) is 7. The number of imidazole rings is 1. The number of carbonyl (C=O) groups is 1. The zero-order valence-electron chi connectivity index (χ0n) is 23.4. The van der Waals surface area contributed by atoms with E-state index in [9.17, 15) is 17.6 Å². The van der Waals surface area contributed by atoms with Crippen molar-refractivity contribution >= 4 is 21.6 Å². The third kappa shape index (κ3) is 6.98. The number of nitrogens with one attached hydrogen (secondary N) is 1. The molecule has 0 radical (unpaired) electrons. The Morgan fingerprint density at radius 3 is 2.60 bits per heavy atom. The maximum atomic E-state index is 13.9. The van der Waals surface area contributed by atoms with Crippen LogP contribution in [-0.2, 0) is 28.4 Å². The second kappa shape index (κ2) is 12.4. The molecule has 10 nitrogen and oxygen atoms in total. The highest BCUT2D eigenvalue weighted by atomic mass is 32.2. The Balaban J connectivity index is 1.65. The first kappa shape index (κ1) is 29.5. The highest BCUT2D eigenvalue weighted by Gasteiger charge is 2.29. The Hall–Kier alpha value is -3.48. The number of halogens is 1. The fourth-order valence-corrected chi connectivity index (χ4v) is 5.77. The number of likely N-dealkylation sites (N-methyl/N-ethyl adjacent to an activating group) is 1. The molecule has 1 N–H and O–H groups in total. The largest absolute Gasteiger partial charge is 0.491 e. The number of aromatic nitrogens is 2. The van der Waals surface area contributed by atoms with Gasteiger partial charge in [-0.15, -0.1) is 0 Å². The lowest BCUT2D eigenvalue weighted by Gasteiger charge is -2.36. The Labute approximate surface area is 234 Å². The number of anilines is 1. The average molecular weight is 574 g/mol. The zero-order chi connectivity index (χ0) is 29.0. The number of sulfonamides is 1. The van der Waals surface area contributed by atoms with Gasteiger partial charge >= 0.3 is 0 Å². The van der Waals surface area contributed by atoms with Crippen LogP contribution in [0.1, 0.15) is 29.8 Å². The van der Waals surface area contributed by atoms with Gasteiger partial charge in [0.05, 0.1) is 18.0 Å². The smallest absolute Gasteiger partial charge is 0.280 e. The van der Waals surface area contributed by atoms with Crippen LogP contribution in [0.5, 0.6) is 5.75 Å². The molecule has 0 saturated carbocycles. The van der Waals surface area contributed by atoms with Crippen LogP contribution in [0.2, 0.25) is 0 Å². The van der Waals surface area contributed by atoms with Gasteiger partial charge in [-0.25, -0.2) is 9.37 Å². The van der Waals surface area contributed by atoms with Gasteiger partial charge in [0, 0.05) is 58.8 Å². The van der Waals surface area contributed by atoms with Crippen molar-refractivity contribution in [3.05, 3.63) is 71.9 Å². The van der Waals surface area contributed by atoms with Crippen LogP contribution in [0.4, 0.5) is 10.1 Å². The molecule has 40 heavy (non-hydrogen) atoms. The number of carbonyl (C=O) groups excluding carboxylic acids is 1. The summed E-state index contributed by atoms with van der Waals surface area (Å²) in [7, 11) is 1.01. The third-order valence-electron chi connectivity index (χ3n) is 7.06. The summed E-state index contributed by atoms with van der Waals surface area (Å²) in [5.41, 5.74) is 1.27. The van der Waals surface area contributed by atoms with Gasteiger partial charge in [-0.05, 0) is 48.7 Å². The minimum absolute atomic E-state index is 0.0340. The van der Waals surface area contributed by atoms with Crippen molar-refractivity contribution in [3.8, 4) is 5.75 Å². The first-order valence-corrected chi connectivity index (χ1v) is 14.5. The molecule has 3 aromatic rings. The van der Waals surface area contributed by atoms with Gasteiger partial charge in [0.25, 0.3) is 15.9 Å². The summed E-state index contributed by atoms with van der Waals surface area (Å²) in [5.74, 6) is -0.250. The van der Waals surface area contributed by atoms with Crippen LogP contribution in [-0.4, -0.2) is 79.7 Å². The van der Waals surface area contributed by atoms with Crippen LogP contribution >= 0.6 is 0 Å². The fourth-order valence-electron chi connectivity index (χ4n) is 4.74. The molecule has 0 saturated heterocycles. The molecule has 0 spiro atoms. The van der Waals surface area contributed by atoms with Crippen molar-refractivity contribution < 1.29 is 27.1 Å². The lowest BCUT2D eigenvalue weighted by molar-refractivity contribution is 0.00920. The van der Waals surface area contributed by atoms with E-state index in [2.05, 4.69) is 21.5 Å². The SMILES string of the molecule is CO[C@@H]1CN(C)C(=O)c2cc(NS(=O)(=O)c3cn(C)cn3)ccc2OC[C@H](C)N(Cc2cccc(F)c2)C[C@@H]1C. The second-order valence-corrected chi connectivity index (χ2v) is 12.0. The van der Waals surface area contributed by atoms with Gasteiger partial charge < -0.3 is 18.9 Å². The first-order valence-electron chi connectivity index (χ1n) is 13.0. The van der Waals surface area contributed by atoms with Crippen LogP contribution in [0.25, 0.3) is 0 Å². The van der Waals surface area contributed by atoms with Crippen molar-refractivity contribution in [2.75, 3.05) is 38.6 Å². The molecular weight excluding hydrogens is 537 g/mol. The molecule has 12 heteroatoms. The number of benzene rings is 2. The van der Waals surface area contributed by atoms with Crippen molar-refractivity contribution in [3.63, 3.8) is 0 Å². The molecule has 3 atom stereocenters. The predicted octanol–water partition coefficient (Wildman–Crippen LogP) is 3.37. The van der Waals surface area contributed by atoms with Crippen molar-refractivity contribution in [2.45, 2.75) is 37.6 Å². The summed E-state index contributed by atoms with van der Waals surface area (Å²) in [6, 6.07) is 11.0. The molecule has 0 fully saturated rings. The quantitative estimate of drug-likeness (QED) is 0.482. The molecular formula is C28H36FN5O5S. The van der Waals surface area contributed by atoms with E-state index < -0.39 is 10.0 Å². The summed E-state index contributed by atoms with van der Waals surface area (Å²) in [6.07, 6.45) is 2.51. The van der Waals surface area contributed by atoms with Crippen LogP contribution in [0.15, 0.2) is 60.0 Å². The molecule has 0 aliphatic carbocycles. The number of methoxy groups -OCH3 is 1. The first-order chi connectivity index (χ1) is 19.0. The molecule has 2 aromatic carbocycles. The van der Waals surface area contributed by atoms with Gasteiger partial charge in [-0.2, -0.15) is 8.42 Å². The molecule has 1 aliphatic heterocycles. The van der Waals surface area contributed by atoms with Gasteiger partial charge in [0.1, 0.15) is 18.2 Å². The molecule has 1 amide bonds. The Bertz CT molecular complexity index is 1450. The monoisotopic (exact) mass is 573 g/mol. The Morgan fingerprint density at radius 1 is 1.15 bits per heavy atom. The highest BCUT2D eigenvalue weighted by molar-refractivity contribution is 7.92. The van der Waals surface area contributed by atoms with E-state index in [-0.39, 0.29) is 52.7 Å². The summed E-state index contributed by atoms with van der Waals surface area (Å²) in [6.45, 7) is 5.79. The normalized spacial score (nSPS) is 21.2. The highest BCUT2D eigenvalue weighted by Crippen LogP contribution is 2.28. The minimum Gasteiger partial charge on any atom is -0.491 e. The standard InChI is InChI=1S/C28H36FN5O5S/c1-19-13-34(14-21-7-6-8-22(29)11-21)20(2)17-39-25-10-9-23(31-40(36,37)27-16-32(3)18-30-27)12-24(25)28(35)33(4)15-26(19)38-5/h6-12,16,18-20,26,31H,13-15,17H2,1-5H3/t19-,20-,26+/m0/s1. The molecule has 2 heterocycles. The van der Waals surface area contributed by atoms with E-state index in [0.29, 0.717) is 25.4 Å². The predicted molar refractivity (Wildman–Crippen MR) is 149 cm³/mol. The fraction of sp³-hybridized carbons (Fsp3) is 0.429. The van der Waals surface area contributed by atoms with E-state index in [1.54, 1.807) is 44.3 Å². The zero-order valence-corrected chi connectivity index (χ0v) is 24.2. The molecule has 0 unspecified atom stereocenters. The van der Waals surface area contributed by atoms with E-state index in [0.717, 1.165) is 5.56 Å². The third-order valence-corrected chi connectivity index (χ3v) is 8.32. The van der Waals surface area contributed by atoms with Gasteiger partial charge in [0.15, 0.2) is 5.03 Å². The second-order valence-electron chi connectivity index (χ2n) is 10.4. The Morgan fingerprint density at radius 2 is 1.93 bits per heavy atom. The number of rotatable bonds is 6. The molecule has 1 aliphatic rings. The lowest BCUT2D eigenvalue weighted by atomic mass is 10.0. The van der Waals surface area contributed by atoms with E-state index in [1.165, 1.54) is 35.3 Å². The maximum absolute atomic E-state index is 13.9. The molecule has 1 aromatic heterocycles. The molecule has 216 valence electrons. The molecule has 4 rings (SSSR count). The van der Waals surface area contributed by atoms with Gasteiger partial charge in [-0.1, -0.05) is 19.1 Å². The molecule has 0 bridgehead atoms. The van der Waals surface area contributed by atoms with E-state index in [4.69, 9.17) is 9.47 Å². The average Bonchev–Trinajstić information content (AvgIpc) is 3.36. The van der Waals surface area contributed by atoms with Crippen molar-refractivity contribution in [1.82, 2.24) is 19.4 Å². The summed E-state index contributed by atoms with van der Waals surface area (Å²) < 4.78 is 55.6. The van der Waals surface area contributed by atoms with E-state index >= 15 is 0 Å². The Kier molecular flexibility index (Phi) is 9.12. The maximum Gasteiger partial charge on any atom is 0.280 e. The van der Waals surface area contributed by atoms with Crippen LogP contribution < -0.4 is 9.46 Å². The summed E-state index contributed by atoms with van der Waals surface area (Å²) in [5, 5.41) is -0.133. The van der Waals surface area contributed by atoms with Gasteiger partial charge in [-0.3, -0.25) is 14.4 Å². The van der Waals surface area contributed by atoms with Crippen molar-refractivity contribution in [1.29, 1.82) is 0 Å². The lowest BCUT2D eigenvalue weighted by Crippen LogP contribution is -2.46. The minimum atomic E-state index is -3.96. The number of nitrogens with zero attached hydrogens (tertiary/aromatic N) is 4. The summed E-state index contributed by atoms with van der Waals surface area (Å²) >= 11 is 0. The van der Waals surface area contributed by atoms with Gasteiger partial charge in [0.2, 0.25) is 0 Å². The topological polar surface area (TPSA) is 106 Å². The number of aryl methyl sites for hydroxylation is 1. The number of fused-ring (bicyclic) bond motifs is 1. The summed E-state index contributed by atoms with van der Waals surface area (Å²) in [4.78, 5) is 21.3. The van der Waals surface area contributed by atoms with Crippen molar-refractivity contribution in [2.24, 2.45) is 13.0 Å². The number of amides is 1. The number of hydrogen-bond donors (Lipinski definition) is 1.